The Hall–Kier alpha value is -1.21. The van der Waals surface area contributed by atoms with Crippen molar-refractivity contribution in [3.63, 3.8) is 0 Å². The first kappa shape index (κ1) is 19.6. The van der Waals surface area contributed by atoms with Crippen molar-refractivity contribution < 1.29 is 14.1 Å². The number of nitrogens with zero attached hydrogens (tertiary/aromatic N) is 2. The van der Waals surface area contributed by atoms with Gasteiger partial charge in [0, 0.05) is 26.2 Å². The zero-order valence-corrected chi connectivity index (χ0v) is 16.9. The maximum absolute atomic E-state index is 12.0. The van der Waals surface area contributed by atoms with Gasteiger partial charge < -0.3 is 19.0 Å². The largest absolute Gasteiger partial charge is 0.494 e. The Morgan fingerprint density at radius 3 is 1.96 bits per heavy atom. The highest BCUT2D eigenvalue weighted by Gasteiger charge is 2.51. The van der Waals surface area contributed by atoms with Crippen molar-refractivity contribution in [3.8, 4) is 0 Å². The van der Waals surface area contributed by atoms with Gasteiger partial charge in [-0.05, 0) is 52.7 Å². The van der Waals surface area contributed by atoms with Crippen molar-refractivity contribution in [3.05, 3.63) is 29.8 Å². The lowest BCUT2D eigenvalue weighted by molar-refractivity contribution is -0.119. The molecular weight excluding hydrogens is 327 g/mol. The molecule has 0 aromatic heterocycles. The zero-order valence-electron chi connectivity index (χ0n) is 16.9. The lowest BCUT2D eigenvalue weighted by Crippen LogP contribution is -2.54. The van der Waals surface area contributed by atoms with Crippen LogP contribution in [0.3, 0.4) is 0 Å². The molecule has 2 saturated heterocycles. The van der Waals surface area contributed by atoms with Gasteiger partial charge in [-0.15, -0.1) is 0 Å². The number of carbonyl (C=O) groups is 1. The molecule has 1 unspecified atom stereocenters. The van der Waals surface area contributed by atoms with Gasteiger partial charge in [-0.3, -0.25) is 4.90 Å². The summed E-state index contributed by atoms with van der Waals surface area (Å²) in [5, 5.41) is 0. The molecule has 26 heavy (non-hydrogen) atoms. The molecular formula is C20H31BN2O3. The minimum atomic E-state index is -0.601. The normalized spacial score (nSPS) is 25.8. The highest BCUT2D eigenvalue weighted by molar-refractivity contribution is 6.62. The van der Waals surface area contributed by atoms with Gasteiger partial charge in [-0.25, -0.2) is 0 Å². The molecule has 0 bridgehead atoms. The lowest BCUT2D eigenvalue weighted by Gasteiger charge is -2.42. The second-order valence-corrected chi connectivity index (χ2v) is 8.77. The molecule has 0 aliphatic carbocycles. The van der Waals surface area contributed by atoms with Crippen molar-refractivity contribution in [2.75, 3.05) is 33.2 Å². The van der Waals surface area contributed by atoms with Crippen LogP contribution in [-0.2, 0) is 19.6 Å². The highest BCUT2D eigenvalue weighted by atomic mass is 16.7. The lowest BCUT2D eigenvalue weighted by atomic mass is 9.77. The Morgan fingerprint density at radius 2 is 1.50 bits per heavy atom. The summed E-state index contributed by atoms with van der Waals surface area (Å²) in [6.45, 7) is 14.0. The van der Waals surface area contributed by atoms with E-state index in [0.717, 1.165) is 43.5 Å². The molecule has 2 fully saturated rings. The van der Waals surface area contributed by atoms with Crippen LogP contribution in [0.25, 0.3) is 0 Å². The van der Waals surface area contributed by atoms with Crippen LogP contribution in [0.2, 0.25) is 0 Å². The van der Waals surface area contributed by atoms with Gasteiger partial charge in [0.2, 0.25) is 0 Å². The molecule has 1 aromatic rings. The summed E-state index contributed by atoms with van der Waals surface area (Å²) in [6.07, 6.45) is 1.07. The molecule has 1 aromatic carbocycles. The van der Waals surface area contributed by atoms with E-state index in [2.05, 4.69) is 44.5 Å². The Kier molecular flexibility index (Phi) is 5.08. The first-order valence-corrected chi connectivity index (χ1v) is 9.45. The fourth-order valence-corrected chi connectivity index (χ4v) is 3.55. The molecule has 1 atom stereocenters. The molecule has 5 nitrogen and oxygen atoms in total. The Balaban J connectivity index is 1.79. The maximum atomic E-state index is 12.0. The van der Waals surface area contributed by atoms with E-state index in [1.807, 2.05) is 31.2 Å². The minimum absolute atomic E-state index is 0.354. The van der Waals surface area contributed by atoms with E-state index in [4.69, 9.17) is 9.31 Å². The average molecular weight is 358 g/mol. The van der Waals surface area contributed by atoms with E-state index in [1.165, 1.54) is 0 Å². The molecule has 6 heteroatoms. The monoisotopic (exact) mass is 358 g/mol. The van der Waals surface area contributed by atoms with Crippen molar-refractivity contribution in [2.24, 2.45) is 0 Å². The Labute approximate surface area is 157 Å². The number of rotatable bonds is 4. The topological polar surface area (TPSA) is 42.0 Å². The first-order chi connectivity index (χ1) is 12.1. The molecule has 142 valence electrons. The van der Waals surface area contributed by atoms with Gasteiger partial charge in [0.25, 0.3) is 0 Å². The molecule has 0 spiro atoms. The molecule has 3 rings (SSSR count). The number of hydrogen-bond donors (Lipinski definition) is 0. The third kappa shape index (κ3) is 3.36. The molecule has 0 saturated carbocycles. The zero-order chi connectivity index (χ0) is 19.2. The van der Waals surface area contributed by atoms with Crippen LogP contribution in [0.4, 0.5) is 0 Å². The summed E-state index contributed by atoms with van der Waals surface area (Å²) in [6, 6.07) is 8.12. The minimum Gasteiger partial charge on any atom is -0.399 e. The van der Waals surface area contributed by atoms with E-state index in [1.54, 1.807) is 0 Å². The molecule has 0 amide bonds. The van der Waals surface area contributed by atoms with Gasteiger partial charge >= 0.3 is 7.12 Å². The number of aldehydes is 1. The number of likely N-dealkylation sites (N-methyl/N-ethyl adjacent to an activating group) is 1. The highest BCUT2D eigenvalue weighted by Crippen LogP contribution is 2.36. The van der Waals surface area contributed by atoms with Crippen molar-refractivity contribution in [1.29, 1.82) is 0 Å². The van der Waals surface area contributed by atoms with Crippen LogP contribution in [0, 0.1) is 0 Å². The van der Waals surface area contributed by atoms with E-state index in [0.29, 0.717) is 0 Å². The second-order valence-electron chi connectivity index (χ2n) is 8.77. The van der Waals surface area contributed by atoms with Crippen LogP contribution in [0.15, 0.2) is 24.3 Å². The van der Waals surface area contributed by atoms with Crippen LogP contribution in [-0.4, -0.2) is 67.6 Å². The molecule has 0 radical (unpaired) electrons. The molecule has 2 aliphatic heterocycles. The second kappa shape index (κ2) is 6.75. The fourth-order valence-electron chi connectivity index (χ4n) is 3.55. The SMILES string of the molecule is CN1CCN(C(C)(C=O)c2ccc(B3OC(C)(C)C(C)(C)O3)cc2)CC1. The summed E-state index contributed by atoms with van der Waals surface area (Å²) < 4.78 is 12.2. The Bertz CT molecular complexity index is 638. The molecule has 0 N–H and O–H groups in total. The van der Waals surface area contributed by atoms with E-state index in [-0.39, 0.29) is 18.3 Å². The van der Waals surface area contributed by atoms with Crippen LogP contribution in [0.1, 0.15) is 40.2 Å². The van der Waals surface area contributed by atoms with Crippen molar-refractivity contribution in [2.45, 2.75) is 51.4 Å². The molecule has 2 heterocycles. The maximum Gasteiger partial charge on any atom is 0.494 e. The number of piperazine rings is 1. The predicted octanol–water partition coefficient (Wildman–Crippen LogP) is 1.65. The summed E-state index contributed by atoms with van der Waals surface area (Å²) in [7, 11) is 1.75. The average Bonchev–Trinajstić information content (AvgIpc) is 2.83. The van der Waals surface area contributed by atoms with E-state index >= 15 is 0 Å². The van der Waals surface area contributed by atoms with Crippen LogP contribution >= 0.6 is 0 Å². The third-order valence-electron chi connectivity index (χ3n) is 6.41. The smallest absolute Gasteiger partial charge is 0.399 e. The number of carbonyl (C=O) groups excluding carboxylic acids is 1. The summed E-state index contributed by atoms with van der Waals surface area (Å²) in [5.74, 6) is 0. The molecule has 2 aliphatic rings. The van der Waals surface area contributed by atoms with Gasteiger partial charge in [-0.2, -0.15) is 0 Å². The third-order valence-corrected chi connectivity index (χ3v) is 6.41. The van der Waals surface area contributed by atoms with Crippen molar-refractivity contribution in [1.82, 2.24) is 9.80 Å². The Morgan fingerprint density at radius 1 is 1.00 bits per heavy atom. The van der Waals surface area contributed by atoms with Crippen molar-refractivity contribution >= 4 is 18.9 Å². The van der Waals surface area contributed by atoms with Crippen LogP contribution < -0.4 is 5.46 Å². The van der Waals surface area contributed by atoms with Gasteiger partial charge in [0.15, 0.2) is 0 Å². The van der Waals surface area contributed by atoms with E-state index in [9.17, 15) is 4.79 Å². The van der Waals surface area contributed by atoms with Gasteiger partial charge in [0.05, 0.1) is 16.7 Å². The summed E-state index contributed by atoms with van der Waals surface area (Å²) in [5.41, 5.74) is 0.688. The first-order valence-electron chi connectivity index (χ1n) is 9.45. The van der Waals surface area contributed by atoms with Crippen LogP contribution in [0.5, 0.6) is 0 Å². The fraction of sp³-hybridized carbons (Fsp3) is 0.650. The summed E-state index contributed by atoms with van der Waals surface area (Å²) >= 11 is 0. The van der Waals surface area contributed by atoms with E-state index < -0.39 is 5.54 Å². The predicted molar refractivity (Wildman–Crippen MR) is 105 cm³/mol. The standard InChI is InChI=1S/C20H31BN2O3/c1-18(2)19(3,4)26-21(25-18)17-9-7-16(8-10-17)20(5,15-24)23-13-11-22(6)12-14-23/h7-10,15H,11-14H2,1-6H3. The number of hydrogen-bond acceptors (Lipinski definition) is 5. The summed E-state index contributed by atoms with van der Waals surface area (Å²) in [4.78, 5) is 16.6. The van der Waals surface area contributed by atoms with Gasteiger partial charge in [0.1, 0.15) is 6.29 Å². The number of benzene rings is 1. The quantitative estimate of drug-likeness (QED) is 0.605. The van der Waals surface area contributed by atoms with Gasteiger partial charge in [-0.1, -0.05) is 24.3 Å².